The van der Waals surface area contributed by atoms with Crippen LogP contribution in [0.3, 0.4) is 0 Å². The molecule has 0 bridgehead atoms. The van der Waals surface area contributed by atoms with E-state index in [-0.39, 0.29) is 5.82 Å². The molecule has 0 amide bonds. The van der Waals surface area contributed by atoms with Crippen molar-refractivity contribution in [2.24, 2.45) is 0 Å². The number of halogens is 1. The molecule has 0 aliphatic rings. The number of aromatic nitrogens is 2. The van der Waals surface area contributed by atoms with Crippen molar-refractivity contribution in [3.63, 3.8) is 0 Å². The van der Waals surface area contributed by atoms with Gasteiger partial charge in [0.05, 0.1) is 11.4 Å². The molecule has 0 aliphatic carbocycles. The average Bonchev–Trinajstić information content (AvgIpc) is 2.82. The summed E-state index contributed by atoms with van der Waals surface area (Å²) >= 11 is 0. The lowest BCUT2D eigenvalue weighted by Gasteiger charge is -2.04. The first-order valence-electron chi connectivity index (χ1n) is 6.32. The highest BCUT2D eigenvalue weighted by atomic mass is 19.1. The minimum Gasteiger partial charge on any atom is -0.384 e. The van der Waals surface area contributed by atoms with Crippen LogP contribution in [0, 0.1) is 12.7 Å². The van der Waals surface area contributed by atoms with Crippen LogP contribution < -0.4 is 5.73 Å². The molecule has 2 aromatic carbocycles. The summed E-state index contributed by atoms with van der Waals surface area (Å²) in [5, 5.41) is 4.45. The quantitative estimate of drug-likeness (QED) is 0.771. The van der Waals surface area contributed by atoms with Crippen molar-refractivity contribution in [2.45, 2.75) is 6.92 Å². The SMILES string of the molecule is Cc1ccc(-n2nc(-c3cccc(F)c3)cc2N)cc1. The molecule has 0 aliphatic heterocycles. The van der Waals surface area contributed by atoms with Crippen LogP contribution in [0.15, 0.2) is 54.6 Å². The van der Waals surface area contributed by atoms with E-state index in [0.29, 0.717) is 17.1 Å². The average molecular weight is 267 g/mol. The van der Waals surface area contributed by atoms with E-state index < -0.39 is 0 Å². The van der Waals surface area contributed by atoms with E-state index >= 15 is 0 Å². The molecule has 100 valence electrons. The summed E-state index contributed by atoms with van der Waals surface area (Å²) in [5.41, 5.74) is 9.42. The third-order valence-corrected chi connectivity index (χ3v) is 3.14. The highest BCUT2D eigenvalue weighted by Gasteiger charge is 2.09. The Kier molecular flexibility index (Phi) is 2.99. The summed E-state index contributed by atoms with van der Waals surface area (Å²) in [5.74, 6) is 0.235. The minimum atomic E-state index is -0.286. The summed E-state index contributed by atoms with van der Waals surface area (Å²) in [6.45, 7) is 2.02. The monoisotopic (exact) mass is 267 g/mol. The van der Waals surface area contributed by atoms with E-state index in [1.165, 1.54) is 17.7 Å². The van der Waals surface area contributed by atoms with E-state index in [4.69, 9.17) is 5.73 Å². The van der Waals surface area contributed by atoms with Gasteiger partial charge in [-0.25, -0.2) is 9.07 Å². The Morgan fingerprint density at radius 1 is 1.05 bits per heavy atom. The van der Waals surface area contributed by atoms with Gasteiger partial charge in [0.15, 0.2) is 0 Å². The first-order valence-corrected chi connectivity index (χ1v) is 6.32. The first kappa shape index (κ1) is 12.4. The molecular weight excluding hydrogens is 253 g/mol. The number of hydrogen-bond acceptors (Lipinski definition) is 2. The van der Waals surface area contributed by atoms with E-state index in [0.717, 1.165) is 5.69 Å². The Hall–Kier alpha value is -2.62. The summed E-state index contributed by atoms with van der Waals surface area (Å²) < 4.78 is 14.9. The summed E-state index contributed by atoms with van der Waals surface area (Å²) in [6, 6.07) is 16.0. The van der Waals surface area contributed by atoms with Crippen molar-refractivity contribution in [2.75, 3.05) is 5.73 Å². The van der Waals surface area contributed by atoms with Gasteiger partial charge in [-0.15, -0.1) is 0 Å². The predicted molar refractivity (Wildman–Crippen MR) is 78.1 cm³/mol. The van der Waals surface area contributed by atoms with Gasteiger partial charge in [0, 0.05) is 11.6 Å². The first-order chi connectivity index (χ1) is 9.63. The van der Waals surface area contributed by atoms with Crippen molar-refractivity contribution < 1.29 is 4.39 Å². The fourth-order valence-corrected chi connectivity index (χ4v) is 2.08. The fourth-order valence-electron chi connectivity index (χ4n) is 2.08. The number of nitrogens with zero attached hydrogens (tertiary/aromatic N) is 2. The molecule has 3 nitrogen and oxygen atoms in total. The molecule has 20 heavy (non-hydrogen) atoms. The standard InChI is InChI=1S/C16H14FN3/c1-11-5-7-14(8-6-11)20-16(18)10-15(19-20)12-3-2-4-13(17)9-12/h2-10H,18H2,1H3. The maximum absolute atomic E-state index is 13.3. The van der Waals surface area contributed by atoms with Gasteiger partial charge in [-0.3, -0.25) is 0 Å². The van der Waals surface area contributed by atoms with Crippen molar-refractivity contribution in [1.82, 2.24) is 9.78 Å². The number of hydrogen-bond donors (Lipinski definition) is 1. The third kappa shape index (κ3) is 2.28. The van der Waals surface area contributed by atoms with Gasteiger partial charge in [0.2, 0.25) is 0 Å². The van der Waals surface area contributed by atoms with Gasteiger partial charge in [0.25, 0.3) is 0 Å². The molecular formula is C16H14FN3. The topological polar surface area (TPSA) is 43.8 Å². The van der Waals surface area contributed by atoms with Gasteiger partial charge in [-0.05, 0) is 31.2 Å². The lowest BCUT2D eigenvalue weighted by Crippen LogP contribution is -2.01. The van der Waals surface area contributed by atoms with Crippen LogP contribution in [0.2, 0.25) is 0 Å². The number of nitrogens with two attached hydrogens (primary N) is 1. The van der Waals surface area contributed by atoms with Crippen LogP contribution in [0.5, 0.6) is 0 Å². The Morgan fingerprint density at radius 2 is 1.80 bits per heavy atom. The number of benzene rings is 2. The molecule has 0 saturated carbocycles. The van der Waals surface area contributed by atoms with Gasteiger partial charge in [0.1, 0.15) is 11.6 Å². The number of anilines is 1. The molecule has 2 N–H and O–H groups in total. The van der Waals surface area contributed by atoms with Crippen LogP contribution in [-0.2, 0) is 0 Å². The Morgan fingerprint density at radius 3 is 2.50 bits per heavy atom. The number of nitrogen functional groups attached to an aromatic ring is 1. The Balaban J connectivity index is 2.05. The molecule has 3 aromatic rings. The van der Waals surface area contributed by atoms with Gasteiger partial charge in [-0.1, -0.05) is 29.8 Å². The van der Waals surface area contributed by atoms with Crippen LogP contribution in [0.4, 0.5) is 10.2 Å². The van der Waals surface area contributed by atoms with Crippen LogP contribution in [-0.4, -0.2) is 9.78 Å². The Bertz CT molecular complexity index is 745. The molecule has 0 spiro atoms. The molecule has 0 radical (unpaired) electrons. The van der Waals surface area contributed by atoms with Crippen LogP contribution >= 0.6 is 0 Å². The second-order valence-electron chi connectivity index (χ2n) is 4.71. The summed E-state index contributed by atoms with van der Waals surface area (Å²) in [6.07, 6.45) is 0. The van der Waals surface area contributed by atoms with Crippen LogP contribution in [0.25, 0.3) is 16.9 Å². The molecule has 0 fully saturated rings. The molecule has 0 unspecified atom stereocenters. The molecule has 3 rings (SSSR count). The zero-order chi connectivity index (χ0) is 14.1. The molecule has 4 heteroatoms. The van der Waals surface area contributed by atoms with Crippen molar-refractivity contribution >= 4 is 5.82 Å². The van der Waals surface area contributed by atoms with Crippen LogP contribution in [0.1, 0.15) is 5.56 Å². The largest absolute Gasteiger partial charge is 0.384 e. The number of aryl methyl sites for hydroxylation is 1. The van der Waals surface area contributed by atoms with E-state index in [2.05, 4.69) is 5.10 Å². The lowest BCUT2D eigenvalue weighted by molar-refractivity contribution is 0.628. The lowest BCUT2D eigenvalue weighted by atomic mass is 10.1. The highest BCUT2D eigenvalue weighted by molar-refractivity contribution is 5.63. The maximum Gasteiger partial charge on any atom is 0.127 e. The Labute approximate surface area is 116 Å². The molecule has 0 saturated heterocycles. The second-order valence-corrected chi connectivity index (χ2v) is 4.71. The van der Waals surface area contributed by atoms with E-state index in [1.807, 2.05) is 37.3 Å². The van der Waals surface area contributed by atoms with Gasteiger partial charge < -0.3 is 5.73 Å². The van der Waals surface area contributed by atoms with Crippen molar-refractivity contribution in [1.29, 1.82) is 0 Å². The zero-order valence-electron chi connectivity index (χ0n) is 11.0. The fraction of sp³-hybridized carbons (Fsp3) is 0.0625. The van der Waals surface area contributed by atoms with Gasteiger partial charge in [-0.2, -0.15) is 5.10 Å². The third-order valence-electron chi connectivity index (χ3n) is 3.14. The van der Waals surface area contributed by atoms with E-state index in [9.17, 15) is 4.39 Å². The maximum atomic E-state index is 13.3. The minimum absolute atomic E-state index is 0.286. The second kappa shape index (κ2) is 4.81. The summed E-state index contributed by atoms with van der Waals surface area (Å²) in [7, 11) is 0. The van der Waals surface area contributed by atoms with Crippen molar-refractivity contribution in [3.05, 3.63) is 66.0 Å². The highest BCUT2D eigenvalue weighted by Crippen LogP contribution is 2.23. The van der Waals surface area contributed by atoms with Gasteiger partial charge >= 0.3 is 0 Å². The number of rotatable bonds is 2. The summed E-state index contributed by atoms with van der Waals surface area (Å²) in [4.78, 5) is 0. The predicted octanol–water partition coefficient (Wildman–Crippen LogP) is 3.57. The van der Waals surface area contributed by atoms with Crippen molar-refractivity contribution in [3.8, 4) is 16.9 Å². The molecule has 1 heterocycles. The van der Waals surface area contributed by atoms with E-state index in [1.54, 1.807) is 16.8 Å². The normalized spacial score (nSPS) is 10.7. The molecule has 0 atom stereocenters. The smallest absolute Gasteiger partial charge is 0.127 e. The zero-order valence-corrected chi connectivity index (χ0v) is 11.0. The molecule has 1 aromatic heterocycles.